The van der Waals surface area contributed by atoms with Gasteiger partial charge in [0, 0.05) is 50.5 Å². The Morgan fingerprint density at radius 2 is 0.779 bits per heavy atom. The summed E-state index contributed by atoms with van der Waals surface area (Å²) in [5, 5.41) is 5.10. The van der Waals surface area contributed by atoms with Crippen molar-refractivity contribution in [1.82, 2.24) is 0 Å². The van der Waals surface area contributed by atoms with Gasteiger partial charge in [-0.15, -0.1) is 0 Å². The van der Waals surface area contributed by atoms with Crippen molar-refractivity contribution in [2.45, 2.75) is 97.1 Å². The molecule has 0 N–H and O–H groups in total. The molecule has 11 aromatic carbocycles. The van der Waals surface area contributed by atoms with Crippen LogP contribution in [0.2, 0.25) is 39.3 Å². The van der Waals surface area contributed by atoms with E-state index >= 15 is 0 Å². The van der Waals surface area contributed by atoms with Gasteiger partial charge in [0.1, 0.15) is 11.2 Å². The lowest BCUT2D eigenvalue weighted by Crippen LogP contribution is -2.37. The van der Waals surface area contributed by atoms with E-state index in [2.05, 4.69) is 345 Å². The van der Waals surface area contributed by atoms with Crippen LogP contribution in [0.1, 0.15) is 74.9 Å². The molecule has 0 saturated carbocycles. The SMILES string of the molecule is CC(C)(C)c1ccc(N(c2ccc([Si](C)(C)C)cc2)c2cccc(-c3ccc4c(c3)C(c3ccccc3)(c3ccccc3)c3cc(-c5cccc(N(c6ccc(C(C)(C)C)cc6)c6ccc([Si](C)(C)C)cc6)c5)c5c(oc6ccccc65)c3-4)c2)cc1. The van der Waals surface area contributed by atoms with Gasteiger partial charge < -0.3 is 14.2 Å². The molecule has 0 aliphatic heterocycles. The highest BCUT2D eigenvalue weighted by Crippen LogP contribution is 2.61. The average molecular weight is 1150 g/mol. The Labute approximate surface area is 512 Å². The summed E-state index contributed by atoms with van der Waals surface area (Å²) in [6.07, 6.45) is 0. The Bertz CT molecular complexity index is 4300. The van der Waals surface area contributed by atoms with Gasteiger partial charge in [0.25, 0.3) is 0 Å². The number of hydrogen-bond acceptors (Lipinski definition) is 3. The summed E-state index contributed by atoms with van der Waals surface area (Å²) in [7, 11) is -3.09. The van der Waals surface area contributed by atoms with E-state index in [1.54, 1.807) is 0 Å². The number of furan rings is 1. The van der Waals surface area contributed by atoms with Crippen LogP contribution < -0.4 is 20.2 Å². The molecule has 426 valence electrons. The van der Waals surface area contributed by atoms with E-state index < -0.39 is 21.6 Å². The van der Waals surface area contributed by atoms with Crippen molar-refractivity contribution >= 4 is 82.6 Å². The maximum absolute atomic E-state index is 7.36. The molecule has 12 aromatic rings. The second kappa shape index (κ2) is 21.3. The Morgan fingerprint density at radius 1 is 0.349 bits per heavy atom. The minimum absolute atomic E-state index is 0.0258. The lowest BCUT2D eigenvalue weighted by Gasteiger charge is -2.34. The zero-order valence-electron chi connectivity index (χ0n) is 52.1. The molecule has 1 aliphatic rings. The van der Waals surface area contributed by atoms with Crippen LogP contribution in [-0.2, 0) is 16.2 Å². The van der Waals surface area contributed by atoms with E-state index in [1.165, 1.54) is 49.3 Å². The van der Waals surface area contributed by atoms with Gasteiger partial charge in [-0.05, 0) is 163 Å². The van der Waals surface area contributed by atoms with Crippen LogP contribution in [0.3, 0.4) is 0 Å². The van der Waals surface area contributed by atoms with Crippen LogP contribution in [0, 0.1) is 0 Å². The van der Waals surface area contributed by atoms with Crippen molar-refractivity contribution < 1.29 is 4.42 Å². The molecule has 0 amide bonds. The molecule has 0 atom stereocenters. The Kier molecular flexibility index (Phi) is 14.0. The monoisotopic (exact) mass is 1150 g/mol. The summed E-state index contributed by atoms with van der Waals surface area (Å²) in [4.78, 5) is 4.85. The molecule has 1 heterocycles. The predicted octanol–water partition coefficient (Wildman–Crippen LogP) is 21.9. The van der Waals surface area contributed by atoms with Gasteiger partial charge in [-0.25, -0.2) is 0 Å². The van der Waals surface area contributed by atoms with Crippen molar-refractivity contribution in [2.75, 3.05) is 9.80 Å². The number of hydrogen-bond donors (Lipinski definition) is 0. The highest BCUT2D eigenvalue weighted by Gasteiger charge is 2.48. The van der Waals surface area contributed by atoms with Gasteiger partial charge in [0.15, 0.2) is 0 Å². The third kappa shape index (κ3) is 10.0. The Balaban J connectivity index is 1.02. The van der Waals surface area contributed by atoms with Gasteiger partial charge in [0.2, 0.25) is 0 Å². The van der Waals surface area contributed by atoms with Gasteiger partial charge in [-0.3, -0.25) is 0 Å². The second-order valence-electron chi connectivity index (χ2n) is 27.9. The average Bonchev–Trinajstić information content (AvgIpc) is 1.55. The fraction of sp³-hybridized carbons (Fsp3) is 0.185. The van der Waals surface area contributed by atoms with E-state index in [-0.39, 0.29) is 10.8 Å². The topological polar surface area (TPSA) is 19.6 Å². The first-order chi connectivity index (χ1) is 41.2. The normalized spacial score (nSPS) is 13.2. The molecule has 5 heteroatoms. The highest BCUT2D eigenvalue weighted by molar-refractivity contribution is 6.89. The fourth-order valence-corrected chi connectivity index (χ4v) is 15.6. The van der Waals surface area contributed by atoms with Crippen LogP contribution in [-0.4, -0.2) is 16.1 Å². The molecule has 86 heavy (non-hydrogen) atoms. The zero-order valence-corrected chi connectivity index (χ0v) is 54.1. The smallest absolute Gasteiger partial charge is 0.144 e. The predicted molar refractivity (Wildman–Crippen MR) is 375 cm³/mol. The summed E-state index contributed by atoms with van der Waals surface area (Å²) >= 11 is 0. The Morgan fingerprint density at radius 3 is 1.26 bits per heavy atom. The molecular formula is C81H78N2OSi2. The molecule has 0 bridgehead atoms. The maximum Gasteiger partial charge on any atom is 0.144 e. The number of benzene rings is 11. The molecule has 0 unspecified atom stereocenters. The molecule has 13 rings (SSSR count). The third-order valence-electron chi connectivity index (χ3n) is 18.0. The minimum Gasteiger partial charge on any atom is -0.455 e. The maximum atomic E-state index is 7.36. The van der Waals surface area contributed by atoms with Crippen LogP contribution in [0.25, 0.3) is 55.3 Å². The lowest BCUT2D eigenvalue weighted by atomic mass is 9.67. The number of para-hydroxylation sites is 1. The molecule has 0 saturated heterocycles. The van der Waals surface area contributed by atoms with Crippen LogP contribution in [0.15, 0.2) is 259 Å². The minimum atomic E-state index is -1.56. The summed E-state index contributed by atoms with van der Waals surface area (Å²) in [5.41, 5.74) is 22.1. The summed E-state index contributed by atoms with van der Waals surface area (Å²) in [6, 6.07) is 96.1. The van der Waals surface area contributed by atoms with E-state index in [9.17, 15) is 0 Å². The summed E-state index contributed by atoms with van der Waals surface area (Å²) < 4.78 is 7.36. The van der Waals surface area contributed by atoms with Gasteiger partial charge in [0.05, 0.1) is 21.6 Å². The number of rotatable bonds is 12. The van der Waals surface area contributed by atoms with Crippen molar-refractivity contribution in [3.8, 4) is 33.4 Å². The van der Waals surface area contributed by atoms with Crippen molar-refractivity contribution in [3.63, 3.8) is 0 Å². The molecule has 1 aliphatic carbocycles. The van der Waals surface area contributed by atoms with E-state index in [4.69, 9.17) is 4.42 Å². The van der Waals surface area contributed by atoms with Crippen LogP contribution >= 0.6 is 0 Å². The second-order valence-corrected chi connectivity index (χ2v) is 38.0. The van der Waals surface area contributed by atoms with Gasteiger partial charge >= 0.3 is 0 Å². The van der Waals surface area contributed by atoms with E-state index in [1.807, 2.05) is 0 Å². The number of nitrogens with zero attached hydrogens (tertiary/aromatic N) is 2. The standard InChI is InChI=1S/C81H78N2OSi2/c1-79(2,3)58-34-38-62(39-35-58)82(64-42-46-68(47-43-64)85(7,8)9)66-29-21-23-55(51-66)56-33-50-70-73(53-56)81(60-25-15-13-16-26-60,61-27-17-14-18-28-61)74-54-72(76-71-31-19-20-32-75(71)84-78(76)77(70)74)57-24-22-30-67(52-57)83(63-40-36-59(37-41-63)80(4,5)6)65-44-48-69(49-45-65)86(10,11)12/h13-54H,1-12H3. The molecule has 3 nitrogen and oxygen atoms in total. The lowest BCUT2D eigenvalue weighted by molar-refractivity contribution is 0.590. The van der Waals surface area contributed by atoms with E-state index in [0.717, 1.165) is 83.9 Å². The third-order valence-corrected chi connectivity index (χ3v) is 22.1. The highest BCUT2D eigenvalue weighted by atomic mass is 28.3. The zero-order chi connectivity index (χ0) is 59.9. The van der Waals surface area contributed by atoms with Crippen LogP contribution in [0.5, 0.6) is 0 Å². The number of fused-ring (bicyclic) bond motifs is 7. The van der Waals surface area contributed by atoms with E-state index in [0.29, 0.717) is 0 Å². The van der Waals surface area contributed by atoms with Crippen LogP contribution in [0.4, 0.5) is 34.1 Å². The molecule has 0 radical (unpaired) electrons. The van der Waals surface area contributed by atoms with Crippen molar-refractivity contribution in [2.24, 2.45) is 0 Å². The van der Waals surface area contributed by atoms with Crippen molar-refractivity contribution in [3.05, 3.63) is 288 Å². The Hall–Kier alpha value is -8.75. The molecular weight excluding hydrogens is 1070 g/mol. The van der Waals surface area contributed by atoms with Crippen molar-refractivity contribution in [1.29, 1.82) is 0 Å². The molecule has 1 aromatic heterocycles. The first-order valence-electron chi connectivity index (χ1n) is 30.6. The molecule has 0 spiro atoms. The summed E-state index contributed by atoms with van der Waals surface area (Å²) in [5.74, 6) is 0. The quantitative estimate of drug-likeness (QED) is 0.114. The number of anilines is 6. The summed E-state index contributed by atoms with van der Waals surface area (Å²) in [6.45, 7) is 28.2. The fourth-order valence-electron chi connectivity index (χ4n) is 13.2. The van der Waals surface area contributed by atoms with Gasteiger partial charge in [-0.2, -0.15) is 0 Å². The molecule has 0 fully saturated rings. The first kappa shape index (κ1) is 56.4. The van der Waals surface area contributed by atoms with Gasteiger partial charge in [-0.1, -0.05) is 255 Å². The largest absolute Gasteiger partial charge is 0.455 e. The first-order valence-corrected chi connectivity index (χ1v) is 37.6.